The van der Waals surface area contributed by atoms with Gasteiger partial charge >= 0.3 is 0 Å². The van der Waals surface area contributed by atoms with E-state index in [4.69, 9.17) is 4.74 Å². The van der Waals surface area contributed by atoms with Gasteiger partial charge in [-0.2, -0.15) is 5.10 Å². The number of aromatic nitrogens is 2. The summed E-state index contributed by atoms with van der Waals surface area (Å²) in [5, 5.41) is 4.43. The van der Waals surface area contributed by atoms with E-state index < -0.39 is 0 Å². The molecule has 1 aliphatic heterocycles. The Hall–Kier alpha value is -2.54. The second-order valence-corrected chi connectivity index (χ2v) is 6.50. The van der Waals surface area contributed by atoms with Gasteiger partial charge in [0.2, 0.25) is 5.91 Å². The lowest BCUT2D eigenvalue weighted by molar-refractivity contribution is -0.136. The maximum Gasteiger partial charge on any atom is 0.266 e. The molecule has 1 saturated heterocycles. The standard InChI is InChI=1S/C19H22FN3O3/c1-26-13-19(25)22-10-8-14(9-11-22)12-23-18(24)7-6-17(21-23)15-2-4-16(20)5-3-15/h2-7,14H,8-13H2,1H3. The number of rotatable bonds is 5. The molecule has 0 radical (unpaired) electrons. The number of piperidine rings is 1. The topological polar surface area (TPSA) is 64.4 Å². The summed E-state index contributed by atoms with van der Waals surface area (Å²) in [4.78, 5) is 25.8. The average molecular weight is 359 g/mol. The third-order valence-electron chi connectivity index (χ3n) is 4.67. The maximum atomic E-state index is 13.1. The predicted molar refractivity (Wildman–Crippen MR) is 95.1 cm³/mol. The van der Waals surface area contributed by atoms with E-state index in [2.05, 4.69) is 5.10 Å². The minimum Gasteiger partial charge on any atom is -0.375 e. The first-order valence-electron chi connectivity index (χ1n) is 8.67. The fourth-order valence-corrected chi connectivity index (χ4v) is 3.18. The molecular formula is C19H22FN3O3. The van der Waals surface area contributed by atoms with E-state index in [1.807, 2.05) is 0 Å². The van der Waals surface area contributed by atoms with Crippen LogP contribution in [0.5, 0.6) is 0 Å². The number of amides is 1. The van der Waals surface area contributed by atoms with Crippen LogP contribution in [-0.4, -0.2) is 47.4 Å². The molecule has 26 heavy (non-hydrogen) atoms. The van der Waals surface area contributed by atoms with Crippen LogP contribution in [0.3, 0.4) is 0 Å². The van der Waals surface area contributed by atoms with Crippen LogP contribution >= 0.6 is 0 Å². The fraction of sp³-hybridized carbons (Fsp3) is 0.421. The lowest BCUT2D eigenvalue weighted by atomic mass is 9.97. The van der Waals surface area contributed by atoms with Crippen LogP contribution in [0.25, 0.3) is 11.3 Å². The summed E-state index contributed by atoms with van der Waals surface area (Å²) >= 11 is 0. The molecule has 2 heterocycles. The molecule has 1 fully saturated rings. The monoisotopic (exact) mass is 359 g/mol. The summed E-state index contributed by atoms with van der Waals surface area (Å²) in [6.07, 6.45) is 1.65. The van der Waals surface area contributed by atoms with Crippen molar-refractivity contribution in [2.45, 2.75) is 19.4 Å². The SMILES string of the molecule is COCC(=O)N1CCC(Cn2nc(-c3ccc(F)cc3)ccc2=O)CC1. The van der Waals surface area contributed by atoms with E-state index in [1.54, 1.807) is 23.1 Å². The first kappa shape index (κ1) is 18.3. The lowest BCUT2D eigenvalue weighted by Gasteiger charge is -2.31. The minimum atomic E-state index is -0.308. The van der Waals surface area contributed by atoms with Crippen molar-refractivity contribution in [3.8, 4) is 11.3 Å². The van der Waals surface area contributed by atoms with E-state index in [-0.39, 0.29) is 29.8 Å². The molecule has 1 amide bonds. The van der Waals surface area contributed by atoms with Gasteiger partial charge in [0, 0.05) is 38.4 Å². The summed E-state index contributed by atoms with van der Waals surface area (Å²) in [5.74, 6) is -0.0216. The Kier molecular flexibility index (Phi) is 5.78. The number of benzene rings is 1. The molecule has 0 unspecified atom stereocenters. The molecule has 0 atom stereocenters. The smallest absolute Gasteiger partial charge is 0.266 e. The van der Waals surface area contributed by atoms with E-state index in [1.165, 1.54) is 30.0 Å². The first-order chi connectivity index (χ1) is 12.6. The maximum absolute atomic E-state index is 13.1. The molecule has 0 spiro atoms. The Morgan fingerprint density at radius 2 is 1.88 bits per heavy atom. The fourth-order valence-electron chi connectivity index (χ4n) is 3.18. The zero-order valence-corrected chi connectivity index (χ0v) is 14.7. The van der Waals surface area contributed by atoms with Crippen LogP contribution in [0, 0.1) is 11.7 Å². The molecule has 1 aromatic heterocycles. The van der Waals surface area contributed by atoms with Crippen LogP contribution in [0.4, 0.5) is 4.39 Å². The van der Waals surface area contributed by atoms with Crippen molar-refractivity contribution in [1.82, 2.24) is 14.7 Å². The van der Waals surface area contributed by atoms with Gasteiger partial charge < -0.3 is 9.64 Å². The van der Waals surface area contributed by atoms with E-state index in [9.17, 15) is 14.0 Å². The van der Waals surface area contributed by atoms with Gasteiger partial charge in [0.05, 0.1) is 5.69 Å². The molecule has 0 bridgehead atoms. The van der Waals surface area contributed by atoms with Crippen LogP contribution < -0.4 is 5.56 Å². The zero-order valence-electron chi connectivity index (χ0n) is 14.7. The van der Waals surface area contributed by atoms with Crippen molar-refractivity contribution in [1.29, 1.82) is 0 Å². The summed E-state index contributed by atoms with van der Waals surface area (Å²) < 4.78 is 19.4. The third-order valence-corrected chi connectivity index (χ3v) is 4.67. The predicted octanol–water partition coefficient (Wildman–Crippen LogP) is 1.93. The number of carbonyl (C=O) groups excluding carboxylic acids is 1. The largest absolute Gasteiger partial charge is 0.375 e. The molecule has 1 aliphatic rings. The molecule has 7 heteroatoms. The second kappa shape index (κ2) is 8.23. The third kappa shape index (κ3) is 4.35. The number of hydrogen-bond donors (Lipinski definition) is 0. The summed E-state index contributed by atoms with van der Waals surface area (Å²) in [5.41, 5.74) is 1.24. The van der Waals surface area contributed by atoms with Gasteiger partial charge in [0.15, 0.2) is 0 Å². The van der Waals surface area contributed by atoms with Gasteiger partial charge in [-0.25, -0.2) is 9.07 Å². The Morgan fingerprint density at radius 1 is 1.19 bits per heavy atom. The first-order valence-corrected chi connectivity index (χ1v) is 8.67. The van der Waals surface area contributed by atoms with Crippen molar-refractivity contribution in [2.24, 2.45) is 5.92 Å². The Balaban J connectivity index is 1.67. The molecule has 0 saturated carbocycles. The zero-order chi connectivity index (χ0) is 18.5. The van der Waals surface area contributed by atoms with Gasteiger partial charge in [0.25, 0.3) is 5.56 Å². The minimum absolute atomic E-state index is 0.000417. The van der Waals surface area contributed by atoms with Gasteiger partial charge in [-0.1, -0.05) is 0 Å². The molecule has 3 rings (SSSR count). The molecule has 6 nitrogen and oxygen atoms in total. The Labute approximate surface area is 151 Å². The number of nitrogens with zero attached hydrogens (tertiary/aromatic N) is 3. The highest BCUT2D eigenvalue weighted by atomic mass is 19.1. The van der Waals surface area contributed by atoms with Crippen molar-refractivity contribution >= 4 is 5.91 Å². The van der Waals surface area contributed by atoms with Crippen molar-refractivity contribution in [3.05, 3.63) is 52.6 Å². The van der Waals surface area contributed by atoms with E-state index >= 15 is 0 Å². The molecule has 1 aromatic carbocycles. The van der Waals surface area contributed by atoms with Crippen LogP contribution in [0.1, 0.15) is 12.8 Å². The normalized spacial score (nSPS) is 15.2. The number of likely N-dealkylation sites (tertiary alicyclic amines) is 1. The number of hydrogen-bond acceptors (Lipinski definition) is 4. The summed E-state index contributed by atoms with van der Waals surface area (Å²) in [7, 11) is 1.51. The number of carbonyl (C=O) groups is 1. The highest BCUT2D eigenvalue weighted by Gasteiger charge is 2.23. The average Bonchev–Trinajstić information content (AvgIpc) is 2.65. The van der Waals surface area contributed by atoms with Crippen molar-refractivity contribution < 1.29 is 13.9 Å². The number of methoxy groups -OCH3 is 1. The molecule has 138 valence electrons. The van der Waals surface area contributed by atoms with Crippen LogP contribution in [0.2, 0.25) is 0 Å². The van der Waals surface area contributed by atoms with Crippen LogP contribution in [-0.2, 0) is 16.1 Å². The van der Waals surface area contributed by atoms with Crippen molar-refractivity contribution in [3.63, 3.8) is 0 Å². The Morgan fingerprint density at radius 3 is 2.54 bits per heavy atom. The van der Waals surface area contributed by atoms with Gasteiger partial charge in [-0.3, -0.25) is 9.59 Å². The van der Waals surface area contributed by atoms with Gasteiger partial charge in [-0.15, -0.1) is 0 Å². The number of halogens is 1. The highest BCUT2D eigenvalue weighted by molar-refractivity contribution is 5.77. The van der Waals surface area contributed by atoms with Crippen LogP contribution in [0.15, 0.2) is 41.2 Å². The second-order valence-electron chi connectivity index (χ2n) is 6.50. The Bertz CT molecular complexity index is 812. The lowest BCUT2D eigenvalue weighted by Crippen LogP contribution is -2.41. The van der Waals surface area contributed by atoms with Gasteiger partial charge in [0.1, 0.15) is 12.4 Å². The molecule has 2 aromatic rings. The van der Waals surface area contributed by atoms with Crippen molar-refractivity contribution in [2.75, 3.05) is 26.8 Å². The quantitative estimate of drug-likeness (QED) is 0.818. The molecular weight excluding hydrogens is 337 g/mol. The van der Waals surface area contributed by atoms with E-state index in [0.717, 1.165) is 18.4 Å². The number of ether oxygens (including phenoxy) is 1. The molecule has 0 aliphatic carbocycles. The summed E-state index contributed by atoms with van der Waals surface area (Å²) in [6.45, 7) is 1.95. The van der Waals surface area contributed by atoms with E-state index in [0.29, 0.717) is 25.3 Å². The van der Waals surface area contributed by atoms with Gasteiger partial charge in [-0.05, 0) is 49.1 Å². The summed E-state index contributed by atoms with van der Waals surface area (Å²) in [6, 6.07) is 9.18. The highest BCUT2D eigenvalue weighted by Crippen LogP contribution is 2.20. The molecule has 0 N–H and O–H groups in total.